The number of nitrogens with zero attached hydrogens (tertiary/aromatic N) is 2. The third-order valence-corrected chi connectivity index (χ3v) is 4.16. The molecule has 2 unspecified atom stereocenters. The van der Waals surface area contributed by atoms with Crippen molar-refractivity contribution in [2.75, 3.05) is 39.4 Å². The lowest BCUT2D eigenvalue weighted by Gasteiger charge is -2.29. The van der Waals surface area contributed by atoms with Gasteiger partial charge in [0.2, 0.25) is 0 Å². The van der Waals surface area contributed by atoms with Gasteiger partial charge in [-0.2, -0.15) is 0 Å². The molecule has 0 aromatic rings. The van der Waals surface area contributed by atoms with Gasteiger partial charge in [-0.3, -0.25) is 14.6 Å². The molecule has 0 amide bonds. The highest BCUT2D eigenvalue weighted by Crippen LogP contribution is 2.25. The molecule has 104 valence electrons. The zero-order valence-electron chi connectivity index (χ0n) is 10.9. The van der Waals surface area contributed by atoms with Gasteiger partial charge in [0.25, 0.3) is 0 Å². The van der Waals surface area contributed by atoms with Crippen molar-refractivity contribution in [3.05, 3.63) is 0 Å². The molecule has 0 spiro atoms. The molecule has 5 nitrogen and oxygen atoms in total. The van der Waals surface area contributed by atoms with Crippen LogP contribution in [-0.4, -0.2) is 77.3 Å². The number of carbonyl (C=O) groups is 1. The molecule has 2 aliphatic rings. The standard InChI is InChI=1S/C13H24N2O3/c16-9-7-14-5-1-3-11(14)13(18)12-4-2-6-15(12)8-10-17/h11-12,16-17H,1-10H2. The second-order valence-corrected chi connectivity index (χ2v) is 5.24. The Labute approximate surface area is 108 Å². The normalized spacial score (nSPS) is 30.1. The molecule has 2 rings (SSSR count). The van der Waals surface area contributed by atoms with Crippen LogP contribution in [0.15, 0.2) is 0 Å². The molecule has 2 atom stereocenters. The Kier molecular flexibility index (Phi) is 5.12. The first kappa shape index (κ1) is 13.9. The van der Waals surface area contributed by atoms with Gasteiger partial charge in [-0.15, -0.1) is 0 Å². The highest BCUT2D eigenvalue weighted by atomic mass is 16.3. The Bertz CT molecular complexity index is 259. The van der Waals surface area contributed by atoms with Crippen molar-refractivity contribution in [2.45, 2.75) is 37.8 Å². The minimum atomic E-state index is -0.0126. The molecular formula is C13H24N2O3. The smallest absolute Gasteiger partial charge is 0.166 e. The molecule has 0 aliphatic carbocycles. The molecule has 0 aromatic heterocycles. The predicted molar refractivity (Wildman–Crippen MR) is 68.4 cm³/mol. The van der Waals surface area contributed by atoms with Crippen LogP contribution in [0.4, 0.5) is 0 Å². The molecular weight excluding hydrogens is 232 g/mol. The molecule has 0 bridgehead atoms. The summed E-state index contributed by atoms with van der Waals surface area (Å²) in [7, 11) is 0. The van der Waals surface area contributed by atoms with Crippen LogP contribution >= 0.6 is 0 Å². The molecule has 2 N–H and O–H groups in total. The summed E-state index contributed by atoms with van der Waals surface area (Å²) in [5.74, 6) is 0.298. The summed E-state index contributed by atoms with van der Waals surface area (Å²) in [6.45, 7) is 3.28. The van der Waals surface area contributed by atoms with E-state index in [1.807, 2.05) is 0 Å². The average Bonchev–Trinajstić information content (AvgIpc) is 2.98. The molecule has 0 aromatic carbocycles. The summed E-state index contributed by atoms with van der Waals surface area (Å²) < 4.78 is 0. The van der Waals surface area contributed by atoms with Gasteiger partial charge in [-0.25, -0.2) is 0 Å². The zero-order chi connectivity index (χ0) is 13.0. The molecule has 2 saturated heterocycles. The number of rotatable bonds is 6. The van der Waals surface area contributed by atoms with Crippen molar-refractivity contribution in [3.63, 3.8) is 0 Å². The number of β-amino-alcohol motifs (C(OH)–C–C–N with tert-alkyl or cyclic N) is 2. The fraction of sp³-hybridized carbons (Fsp3) is 0.923. The van der Waals surface area contributed by atoms with Crippen molar-refractivity contribution in [2.24, 2.45) is 0 Å². The van der Waals surface area contributed by atoms with Gasteiger partial charge < -0.3 is 10.2 Å². The first-order chi connectivity index (χ1) is 8.77. The number of aliphatic hydroxyl groups is 2. The monoisotopic (exact) mass is 256 g/mol. The second-order valence-electron chi connectivity index (χ2n) is 5.24. The van der Waals surface area contributed by atoms with Crippen LogP contribution in [0.3, 0.4) is 0 Å². The molecule has 2 fully saturated rings. The van der Waals surface area contributed by atoms with Crippen molar-refractivity contribution in [3.8, 4) is 0 Å². The maximum atomic E-state index is 12.6. The summed E-state index contributed by atoms with van der Waals surface area (Å²) in [4.78, 5) is 16.8. The van der Waals surface area contributed by atoms with Gasteiger partial charge in [0, 0.05) is 13.1 Å². The number of likely N-dealkylation sites (tertiary alicyclic amines) is 2. The van der Waals surface area contributed by atoms with E-state index in [4.69, 9.17) is 10.2 Å². The molecule has 2 aliphatic heterocycles. The van der Waals surface area contributed by atoms with E-state index >= 15 is 0 Å². The van der Waals surface area contributed by atoms with E-state index in [-0.39, 0.29) is 25.3 Å². The Morgan fingerprint density at radius 1 is 0.944 bits per heavy atom. The van der Waals surface area contributed by atoms with E-state index < -0.39 is 0 Å². The highest BCUT2D eigenvalue weighted by molar-refractivity contribution is 5.89. The van der Waals surface area contributed by atoms with Crippen molar-refractivity contribution >= 4 is 5.78 Å². The Morgan fingerprint density at radius 2 is 1.39 bits per heavy atom. The third-order valence-electron chi connectivity index (χ3n) is 4.16. The van der Waals surface area contributed by atoms with E-state index in [1.54, 1.807) is 0 Å². The molecule has 0 saturated carbocycles. The lowest BCUT2D eigenvalue weighted by atomic mass is 10.0. The van der Waals surface area contributed by atoms with Gasteiger partial charge in [0.15, 0.2) is 5.78 Å². The summed E-state index contributed by atoms with van der Waals surface area (Å²) in [6.07, 6.45) is 3.93. The Hall–Kier alpha value is -0.490. The van der Waals surface area contributed by atoms with Gasteiger partial charge in [-0.1, -0.05) is 0 Å². The maximum absolute atomic E-state index is 12.6. The van der Waals surface area contributed by atoms with Crippen LogP contribution < -0.4 is 0 Å². The highest BCUT2D eigenvalue weighted by Gasteiger charge is 2.38. The lowest BCUT2D eigenvalue weighted by Crippen LogP contribution is -2.47. The first-order valence-corrected chi connectivity index (χ1v) is 7.01. The number of hydrogen-bond acceptors (Lipinski definition) is 5. The quantitative estimate of drug-likeness (QED) is 0.669. The number of ketones is 1. The average molecular weight is 256 g/mol. The number of carbonyl (C=O) groups excluding carboxylic acids is 1. The summed E-state index contributed by atoms with van der Waals surface area (Å²) in [5, 5.41) is 18.1. The minimum absolute atomic E-state index is 0.0126. The SMILES string of the molecule is O=C(C1CCCN1CCO)C1CCCN1CCO. The number of hydrogen-bond donors (Lipinski definition) is 2. The van der Waals surface area contributed by atoms with Crippen LogP contribution in [0.2, 0.25) is 0 Å². The minimum Gasteiger partial charge on any atom is -0.395 e. The van der Waals surface area contributed by atoms with Crippen LogP contribution in [0, 0.1) is 0 Å². The Morgan fingerprint density at radius 3 is 1.78 bits per heavy atom. The van der Waals surface area contributed by atoms with E-state index in [0.29, 0.717) is 18.9 Å². The second kappa shape index (κ2) is 6.61. The van der Waals surface area contributed by atoms with Crippen molar-refractivity contribution < 1.29 is 15.0 Å². The summed E-state index contributed by atoms with van der Waals surface area (Å²) in [5.41, 5.74) is 0. The largest absolute Gasteiger partial charge is 0.395 e. The molecule has 2 heterocycles. The first-order valence-electron chi connectivity index (χ1n) is 7.01. The van der Waals surface area contributed by atoms with Gasteiger partial charge in [-0.05, 0) is 38.8 Å². The topological polar surface area (TPSA) is 64.0 Å². The molecule has 0 radical (unpaired) electrons. The maximum Gasteiger partial charge on any atom is 0.166 e. The fourth-order valence-electron chi connectivity index (χ4n) is 3.31. The van der Waals surface area contributed by atoms with Crippen molar-refractivity contribution in [1.29, 1.82) is 0 Å². The van der Waals surface area contributed by atoms with Gasteiger partial charge in [0.05, 0.1) is 25.3 Å². The van der Waals surface area contributed by atoms with E-state index in [1.165, 1.54) is 0 Å². The Balaban J connectivity index is 1.97. The zero-order valence-corrected chi connectivity index (χ0v) is 10.9. The summed E-state index contributed by atoms with van der Waals surface area (Å²) in [6, 6.07) is -0.0251. The van der Waals surface area contributed by atoms with Gasteiger partial charge >= 0.3 is 0 Å². The molecule has 5 heteroatoms. The van der Waals surface area contributed by atoms with E-state index in [2.05, 4.69) is 9.80 Å². The lowest BCUT2D eigenvalue weighted by molar-refractivity contribution is -0.128. The van der Waals surface area contributed by atoms with Gasteiger partial charge in [0.1, 0.15) is 0 Å². The third kappa shape index (κ3) is 2.91. The van der Waals surface area contributed by atoms with E-state index in [9.17, 15) is 4.79 Å². The number of Topliss-reactive ketones (excluding diaryl/α,β-unsaturated/α-hetero) is 1. The van der Waals surface area contributed by atoms with Crippen LogP contribution in [0.1, 0.15) is 25.7 Å². The van der Waals surface area contributed by atoms with Crippen LogP contribution in [0.25, 0.3) is 0 Å². The fourth-order valence-corrected chi connectivity index (χ4v) is 3.31. The van der Waals surface area contributed by atoms with Crippen LogP contribution in [0.5, 0.6) is 0 Å². The number of aliphatic hydroxyl groups excluding tert-OH is 2. The van der Waals surface area contributed by atoms with E-state index in [0.717, 1.165) is 38.8 Å². The molecule has 18 heavy (non-hydrogen) atoms. The van der Waals surface area contributed by atoms with Crippen LogP contribution in [-0.2, 0) is 4.79 Å². The predicted octanol–water partition coefficient (Wildman–Crippen LogP) is -0.531. The van der Waals surface area contributed by atoms with Crippen molar-refractivity contribution in [1.82, 2.24) is 9.80 Å². The summed E-state index contributed by atoms with van der Waals surface area (Å²) >= 11 is 0.